The van der Waals surface area contributed by atoms with Gasteiger partial charge in [0.25, 0.3) is 0 Å². The van der Waals surface area contributed by atoms with Crippen molar-refractivity contribution in [1.82, 2.24) is 4.98 Å². The van der Waals surface area contributed by atoms with E-state index in [1.807, 2.05) is 23.6 Å². The summed E-state index contributed by atoms with van der Waals surface area (Å²) in [5.74, 6) is 0. The van der Waals surface area contributed by atoms with Crippen molar-refractivity contribution >= 4 is 38.9 Å². The highest BCUT2D eigenvalue weighted by Gasteiger charge is 2.10. The van der Waals surface area contributed by atoms with Crippen molar-refractivity contribution in [2.45, 2.75) is 12.5 Å². The van der Waals surface area contributed by atoms with E-state index in [0.29, 0.717) is 5.02 Å². The van der Waals surface area contributed by atoms with Gasteiger partial charge in [0.15, 0.2) is 0 Å². The molecule has 1 atom stereocenters. The first-order valence-electron chi connectivity index (χ1n) is 4.75. The van der Waals surface area contributed by atoms with Crippen molar-refractivity contribution in [3.05, 3.63) is 49.8 Å². The fourth-order valence-electron chi connectivity index (χ4n) is 1.40. The van der Waals surface area contributed by atoms with E-state index in [1.54, 1.807) is 17.5 Å². The summed E-state index contributed by atoms with van der Waals surface area (Å²) in [6.07, 6.45) is 2.54. The molecule has 0 aliphatic rings. The zero-order valence-electron chi connectivity index (χ0n) is 8.36. The van der Waals surface area contributed by atoms with Crippen LogP contribution in [0.1, 0.15) is 16.6 Å². The summed E-state index contributed by atoms with van der Waals surface area (Å²) in [5, 5.41) is 3.69. The Bertz CT molecular complexity index is 473. The summed E-state index contributed by atoms with van der Waals surface area (Å²) in [6, 6.07) is 5.73. The molecule has 0 saturated carbocycles. The summed E-state index contributed by atoms with van der Waals surface area (Å²) < 4.78 is 0.888. The first-order chi connectivity index (χ1) is 7.66. The van der Waals surface area contributed by atoms with Crippen LogP contribution in [0, 0.1) is 0 Å². The number of benzene rings is 1. The van der Waals surface area contributed by atoms with E-state index in [1.165, 1.54) is 0 Å². The molecule has 2 rings (SSSR count). The molecule has 16 heavy (non-hydrogen) atoms. The summed E-state index contributed by atoms with van der Waals surface area (Å²) in [6.45, 7) is 0. The van der Waals surface area contributed by atoms with Crippen LogP contribution >= 0.6 is 38.9 Å². The van der Waals surface area contributed by atoms with Crippen LogP contribution in [-0.4, -0.2) is 4.98 Å². The van der Waals surface area contributed by atoms with Gasteiger partial charge >= 0.3 is 0 Å². The number of nitrogens with two attached hydrogens (primary N) is 1. The smallest absolute Gasteiger partial charge is 0.0943 e. The molecule has 0 radical (unpaired) electrons. The second-order valence-electron chi connectivity index (χ2n) is 3.41. The molecular formula is C11H10BrClN2S. The predicted molar refractivity (Wildman–Crippen MR) is 71.9 cm³/mol. The predicted octanol–water partition coefficient (Wildman–Crippen LogP) is 3.80. The zero-order valence-corrected chi connectivity index (χ0v) is 11.5. The van der Waals surface area contributed by atoms with Gasteiger partial charge in [-0.1, -0.05) is 17.7 Å². The first kappa shape index (κ1) is 12.0. The third kappa shape index (κ3) is 2.83. The molecule has 0 aliphatic carbocycles. The third-order valence-corrected chi connectivity index (χ3v) is 4.28. The van der Waals surface area contributed by atoms with E-state index < -0.39 is 0 Å². The Kier molecular flexibility index (Phi) is 3.97. The number of hydrogen-bond acceptors (Lipinski definition) is 3. The van der Waals surface area contributed by atoms with Gasteiger partial charge in [0.1, 0.15) is 0 Å². The van der Waals surface area contributed by atoms with Gasteiger partial charge in [0.2, 0.25) is 0 Å². The van der Waals surface area contributed by atoms with Crippen molar-refractivity contribution in [2.75, 3.05) is 0 Å². The maximum absolute atomic E-state index is 6.10. The molecule has 0 bridgehead atoms. The fraction of sp³-hybridized carbons (Fsp3) is 0.182. The Labute approximate surface area is 112 Å². The second kappa shape index (κ2) is 5.27. The highest BCUT2D eigenvalue weighted by molar-refractivity contribution is 9.10. The van der Waals surface area contributed by atoms with Crippen molar-refractivity contribution in [1.29, 1.82) is 0 Å². The van der Waals surface area contributed by atoms with E-state index in [9.17, 15) is 0 Å². The minimum absolute atomic E-state index is 0.0586. The highest BCUT2D eigenvalue weighted by Crippen LogP contribution is 2.26. The quantitative estimate of drug-likeness (QED) is 0.935. The van der Waals surface area contributed by atoms with Crippen LogP contribution in [0.3, 0.4) is 0 Å². The molecule has 0 aliphatic heterocycles. The SMILES string of the molecule is NC(Cc1nccs1)c1ccc(Br)c(Cl)c1. The molecule has 5 heteroatoms. The lowest BCUT2D eigenvalue weighted by atomic mass is 10.1. The summed E-state index contributed by atoms with van der Waals surface area (Å²) >= 11 is 11.0. The van der Waals surface area contributed by atoms with Crippen molar-refractivity contribution in [3.8, 4) is 0 Å². The number of rotatable bonds is 3. The Morgan fingerprint density at radius 3 is 2.94 bits per heavy atom. The van der Waals surface area contributed by atoms with Gasteiger partial charge in [-0.2, -0.15) is 0 Å². The Balaban J connectivity index is 2.14. The maximum atomic E-state index is 6.10. The molecule has 1 aromatic heterocycles. The molecule has 84 valence electrons. The number of aromatic nitrogens is 1. The van der Waals surface area contributed by atoms with Gasteiger partial charge < -0.3 is 5.73 Å². The van der Waals surface area contributed by atoms with Crippen LogP contribution in [-0.2, 0) is 6.42 Å². The van der Waals surface area contributed by atoms with Gasteiger partial charge in [-0.15, -0.1) is 11.3 Å². The lowest BCUT2D eigenvalue weighted by Gasteiger charge is -2.11. The van der Waals surface area contributed by atoms with Crippen LogP contribution in [0.4, 0.5) is 0 Å². The Hall–Kier alpha value is -0.420. The molecule has 1 aromatic carbocycles. The summed E-state index contributed by atoms with van der Waals surface area (Å²) in [4.78, 5) is 4.22. The van der Waals surface area contributed by atoms with Crippen molar-refractivity contribution < 1.29 is 0 Å². The van der Waals surface area contributed by atoms with Crippen LogP contribution in [0.5, 0.6) is 0 Å². The van der Waals surface area contributed by atoms with E-state index in [-0.39, 0.29) is 6.04 Å². The Morgan fingerprint density at radius 1 is 1.50 bits per heavy atom. The van der Waals surface area contributed by atoms with Gasteiger partial charge in [0, 0.05) is 28.5 Å². The minimum atomic E-state index is -0.0586. The largest absolute Gasteiger partial charge is 0.324 e. The lowest BCUT2D eigenvalue weighted by Crippen LogP contribution is -2.13. The van der Waals surface area contributed by atoms with Crippen molar-refractivity contribution in [3.63, 3.8) is 0 Å². The normalized spacial score (nSPS) is 12.7. The Morgan fingerprint density at radius 2 is 2.31 bits per heavy atom. The highest BCUT2D eigenvalue weighted by atomic mass is 79.9. The molecule has 0 saturated heterocycles. The molecular weight excluding hydrogens is 308 g/mol. The topological polar surface area (TPSA) is 38.9 Å². The zero-order chi connectivity index (χ0) is 11.5. The first-order valence-corrected chi connectivity index (χ1v) is 6.81. The molecule has 1 heterocycles. The molecule has 1 unspecified atom stereocenters. The van der Waals surface area contributed by atoms with Crippen LogP contribution in [0.2, 0.25) is 5.02 Å². The summed E-state index contributed by atoms with van der Waals surface area (Å²) in [7, 11) is 0. The molecule has 2 nitrogen and oxygen atoms in total. The van der Waals surface area contributed by atoms with Gasteiger partial charge in [-0.25, -0.2) is 4.98 Å². The maximum Gasteiger partial charge on any atom is 0.0943 e. The number of halogens is 2. The van der Waals surface area contributed by atoms with Gasteiger partial charge in [0.05, 0.1) is 10.0 Å². The van der Waals surface area contributed by atoms with E-state index in [2.05, 4.69) is 20.9 Å². The molecule has 0 fully saturated rings. The number of thiazole rings is 1. The number of hydrogen-bond donors (Lipinski definition) is 1. The fourth-order valence-corrected chi connectivity index (χ4v) is 2.51. The molecule has 2 N–H and O–H groups in total. The molecule has 0 amide bonds. The molecule has 2 aromatic rings. The lowest BCUT2D eigenvalue weighted by molar-refractivity contribution is 0.718. The van der Waals surface area contributed by atoms with Gasteiger partial charge in [-0.05, 0) is 33.6 Å². The second-order valence-corrected chi connectivity index (χ2v) is 5.65. The van der Waals surface area contributed by atoms with Crippen LogP contribution in [0.25, 0.3) is 0 Å². The standard InChI is InChI=1S/C11H10BrClN2S/c12-8-2-1-7(5-9(8)13)10(14)6-11-15-3-4-16-11/h1-5,10H,6,14H2. The average Bonchev–Trinajstić information content (AvgIpc) is 2.74. The number of nitrogens with zero attached hydrogens (tertiary/aromatic N) is 1. The van der Waals surface area contributed by atoms with Crippen molar-refractivity contribution in [2.24, 2.45) is 5.73 Å². The third-order valence-electron chi connectivity index (χ3n) is 2.25. The summed E-state index contributed by atoms with van der Waals surface area (Å²) in [5.41, 5.74) is 7.13. The monoisotopic (exact) mass is 316 g/mol. The van der Waals surface area contributed by atoms with E-state index in [0.717, 1.165) is 21.5 Å². The van der Waals surface area contributed by atoms with E-state index in [4.69, 9.17) is 17.3 Å². The van der Waals surface area contributed by atoms with Crippen LogP contribution in [0.15, 0.2) is 34.2 Å². The van der Waals surface area contributed by atoms with E-state index >= 15 is 0 Å². The average molecular weight is 318 g/mol. The minimum Gasteiger partial charge on any atom is -0.324 e. The van der Waals surface area contributed by atoms with Crippen LogP contribution < -0.4 is 5.73 Å². The van der Waals surface area contributed by atoms with Gasteiger partial charge in [-0.3, -0.25) is 0 Å². The molecule has 0 spiro atoms.